The molecule has 0 spiro atoms. The Morgan fingerprint density at radius 3 is 2.37 bits per heavy atom. The first-order chi connectivity index (χ1) is 8.86. The summed E-state index contributed by atoms with van der Waals surface area (Å²) in [7, 11) is 2.00. The second kappa shape index (κ2) is 5.68. The molecule has 1 N–H and O–H groups in total. The first-order valence-electron chi connectivity index (χ1n) is 5.93. The highest BCUT2D eigenvalue weighted by Crippen LogP contribution is 2.36. The normalized spacial score (nSPS) is 18.6. The first kappa shape index (κ1) is 14.6. The lowest BCUT2D eigenvalue weighted by Gasteiger charge is -2.33. The number of nitrogens with one attached hydrogen (secondary N) is 1. The molecule has 2 rings (SSSR count). The van der Waals surface area contributed by atoms with Gasteiger partial charge in [0.25, 0.3) is 0 Å². The predicted octanol–water partition coefficient (Wildman–Crippen LogP) is 3.04. The fourth-order valence-corrected chi connectivity index (χ4v) is 2.31. The third-order valence-corrected chi connectivity index (χ3v) is 3.56. The molecular formula is C12H15BrF3N3. The van der Waals surface area contributed by atoms with E-state index in [1.54, 1.807) is 0 Å². The number of likely N-dealkylation sites (N-methyl/N-ethyl adjacent to an activating group) is 1. The predicted molar refractivity (Wildman–Crippen MR) is 71.8 cm³/mol. The van der Waals surface area contributed by atoms with Crippen molar-refractivity contribution in [2.24, 2.45) is 0 Å². The minimum Gasteiger partial charge on any atom is -0.318 e. The molecular weight excluding hydrogens is 323 g/mol. The standard InChI is InChI=1S/C12H15BrF3N3/c1-18-4-6-19(7-5-18)17-11-8-9(13)2-3-10(11)12(14,15)16/h2-3,8,17H,4-7H2,1H3. The lowest BCUT2D eigenvalue weighted by molar-refractivity contribution is -0.137. The van der Waals surface area contributed by atoms with E-state index in [1.807, 2.05) is 12.1 Å². The molecule has 0 aromatic heterocycles. The maximum Gasteiger partial charge on any atom is 0.418 e. The average molecular weight is 338 g/mol. The Kier molecular flexibility index (Phi) is 4.37. The fraction of sp³-hybridized carbons (Fsp3) is 0.500. The summed E-state index contributed by atoms with van der Waals surface area (Å²) in [6.45, 7) is 3.06. The number of rotatable bonds is 2. The number of hydrogen-bond donors (Lipinski definition) is 1. The van der Waals surface area contributed by atoms with Crippen molar-refractivity contribution in [2.75, 3.05) is 38.7 Å². The van der Waals surface area contributed by atoms with Gasteiger partial charge in [0, 0.05) is 30.7 Å². The number of anilines is 1. The van der Waals surface area contributed by atoms with Crippen LogP contribution in [0.25, 0.3) is 0 Å². The molecule has 3 nitrogen and oxygen atoms in total. The van der Waals surface area contributed by atoms with Gasteiger partial charge in [-0.05, 0) is 25.2 Å². The summed E-state index contributed by atoms with van der Waals surface area (Å²) in [5.41, 5.74) is 2.32. The maximum absolute atomic E-state index is 12.9. The Morgan fingerprint density at radius 1 is 1.16 bits per heavy atom. The Bertz CT molecular complexity index is 442. The van der Waals surface area contributed by atoms with Gasteiger partial charge in [0.05, 0.1) is 11.3 Å². The van der Waals surface area contributed by atoms with Gasteiger partial charge in [0.15, 0.2) is 0 Å². The molecule has 1 aromatic carbocycles. The molecule has 1 aliphatic heterocycles. The number of halogens is 4. The molecule has 0 unspecified atom stereocenters. The zero-order valence-corrected chi connectivity index (χ0v) is 12.1. The van der Waals surface area contributed by atoms with Crippen LogP contribution in [0.15, 0.2) is 22.7 Å². The molecule has 1 aromatic rings. The SMILES string of the molecule is CN1CCN(Nc2cc(Br)ccc2C(F)(F)F)CC1. The van der Waals surface area contributed by atoms with Crippen molar-refractivity contribution in [1.82, 2.24) is 9.91 Å². The van der Waals surface area contributed by atoms with Gasteiger partial charge in [-0.25, -0.2) is 5.01 Å². The molecule has 1 heterocycles. The monoisotopic (exact) mass is 337 g/mol. The van der Waals surface area contributed by atoms with Crippen LogP contribution in [0.2, 0.25) is 0 Å². The van der Waals surface area contributed by atoms with Crippen LogP contribution in [-0.4, -0.2) is 43.1 Å². The Morgan fingerprint density at radius 2 is 1.79 bits per heavy atom. The highest BCUT2D eigenvalue weighted by atomic mass is 79.9. The topological polar surface area (TPSA) is 18.5 Å². The first-order valence-corrected chi connectivity index (χ1v) is 6.72. The van der Waals surface area contributed by atoms with Gasteiger partial charge >= 0.3 is 6.18 Å². The molecule has 1 aliphatic rings. The highest BCUT2D eigenvalue weighted by Gasteiger charge is 2.34. The minimum absolute atomic E-state index is 0.0893. The van der Waals surface area contributed by atoms with Crippen molar-refractivity contribution in [3.05, 3.63) is 28.2 Å². The van der Waals surface area contributed by atoms with Crippen LogP contribution in [0.5, 0.6) is 0 Å². The van der Waals surface area contributed by atoms with Gasteiger partial charge in [-0.1, -0.05) is 15.9 Å². The molecule has 106 valence electrons. The summed E-state index contributed by atoms with van der Waals surface area (Å²) >= 11 is 3.20. The molecule has 19 heavy (non-hydrogen) atoms. The van der Waals surface area contributed by atoms with E-state index in [0.717, 1.165) is 19.2 Å². The zero-order chi connectivity index (χ0) is 14.0. The third-order valence-electron chi connectivity index (χ3n) is 3.07. The molecule has 0 amide bonds. The molecule has 7 heteroatoms. The van der Waals surface area contributed by atoms with E-state index in [4.69, 9.17) is 0 Å². The van der Waals surface area contributed by atoms with Crippen molar-refractivity contribution >= 4 is 21.6 Å². The lowest BCUT2D eigenvalue weighted by Crippen LogP contribution is -2.47. The van der Waals surface area contributed by atoms with E-state index >= 15 is 0 Å². The van der Waals surface area contributed by atoms with Gasteiger partial charge in [0.1, 0.15) is 0 Å². The maximum atomic E-state index is 12.9. The van der Waals surface area contributed by atoms with E-state index in [-0.39, 0.29) is 5.69 Å². The number of alkyl halides is 3. The number of piperazine rings is 1. The molecule has 1 saturated heterocycles. The summed E-state index contributed by atoms with van der Waals surface area (Å²) in [4.78, 5) is 2.14. The number of hydrogen-bond acceptors (Lipinski definition) is 3. The zero-order valence-electron chi connectivity index (χ0n) is 10.5. The molecule has 0 atom stereocenters. The van der Waals surface area contributed by atoms with E-state index in [9.17, 15) is 13.2 Å². The van der Waals surface area contributed by atoms with Gasteiger partial charge in [0.2, 0.25) is 0 Å². The smallest absolute Gasteiger partial charge is 0.318 e. The summed E-state index contributed by atoms with van der Waals surface area (Å²) in [6.07, 6.45) is -4.35. The van der Waals surface area contributed by atoms with Crippen LogP contribution in [0, 0.1) is 0 Å². The molecule has 1 fully saturated rings. The van der Waals surface area contributed by atoms with Gasteiger partial charge in [-0.2, -0.15) is 13.2 Å². The van der Waals surface area contributed by atoms with Crippen molar-refractivity contribution in [2.45, 2.75) is 6.18 Å². The number of nitrogens with zero attached hydrogens (tertiary/aromatic N) is 2. The summed E-state index contributed by atoms with van der Waals surface area (Å²) in [5.74, 6) is 0. The highest BCUT2D eigenvalue weighted by molar-refractivity contribution is 9.10. The summed E-state index contributed by atoms with van der Waals surface area (Å²) in [6, 6.07) is 3.95. The van der Waals surface area contributed by atoms with Gasteiger partial charge < -0.3 is 10.3 Å². The number of benzene rings is 1. The third kappa shape index (κ3) is 3.84. The van der Waals surface area contributed by atoms with Crippen molar-refractivity contribution in [3.8, 4) is 0 Å². The van der Waals surface area contributed by atoms with E-state index < -0.39 is 11.7 Å². The number of hydrazine groups is 1. The second-order valence-corrected chi connectivity index (χ2v) is 5.51. The lowest BCUT2D eigenvalue weighted by atomic mass is 10.2. The van der Waals surface area contributed by atoms with Crippen molar-refractivity contribution in [1.29, 1.82) is 0 Å². The van der Waals surface area contributed by atoms with Crippen LogP contribution in [0.1, 0.15) is 5.56 Å². The van der Waals surface area contributed by atoms with Gasteiger partial charge in [-0.15, -0.1) is 0 Å². The summed E-state index contributed by atoms with van der Waals surface area (Å²) < 4.78 is 39.4. The molecule has 0 aliphatic carbocycles. The molecule has 0 saturated carbocycles. The largest absolute Gasteiger partial charge is 0.418 e. The van der Waals surface area contributed by atoms with Crippen molar-refractivity contribution in [3.63, 3.8) is 0 Å². The van der Waals surface area contributed by atoms with Gasteiger partial charge in [-0.3, -0.25) is 0 Å². The Hall–Kier alpha value is -0.790. The van der Waals surface area contributed by atoms with Crippen LogP contribution < -0.4 is 5.43 Å². The molecule has 0 bridgehead atoms. The molecule has 0 radical (unpaired) electrons. The van der Waals surface area contributed by atoms with Crippen LogP contribution in [-0.2, 0) is 6.18 Å². The van der Waals surface area contributed by atoms with Crippen LogP contribution in [0.3, 0.4) is 0 Å². The van der Waals surface area contributed by atoms with Crippen LogP contribution in [0.4, 0.5) is 18.9 Å². The van der Waals surface area contributed by atoms with E-state index in [2.05, 4.69) is 26.3 Å². The second-order valence-electron chi connectivity index (χ2n) is 4.59. The Balaban J connectivity index is 2.17. The quantitative estimate of drug-likeness (QED) is 0.894. The average Bonchev–Trinajstić information content (AvgIpc) is 2.30. The van der Waals surface area contributed by atoms with E-state index in [1.165, 1.54) is 12.1 Å². The minimum atomic E-state index is -4.35. The van der Waals surface area contributed by atoms with Crippen molar-refractivity contribution < 1.29 is 13.2 Å². The fourth-order valence-electron chi connectivity index (χ4n) is 1.94. The summed E-state index contributed by atoms with van der Waals surface area (Å²) in [5, 5.41) is 1.82. The Labute approximate surface area is 118 Å². The van der Waals surface area contributed by atoms with E-state index in [0.29, 0.717) is 17.6 Å². The van der Waals surface area contributed by atoms with Crippen LogP contribution >= 0.6 is 15.9 Å².